The van der Waals surface area contributed by atoms with Crippen molar-refractivity contribution in [3.8, 4) is 0 Å². The van der Waals surface area contributed by atoms with Crippen LogP contribution in [0.15, 0.2) is 30.3 Å². The van der Waals surface area contributed by atoms with Crippen LogP contribution in [-0.4, -0.2) is 18.0 Å². The smallest absolute Gasteiger partial charge is 0.338 e. The summed E-state index contributed by atoms with van der Waals surface area (Å²) >= 11 is 0. The zero-order chi connectivity index (χ0) is 18.7. The lowest BCUT2D eigenvalue weighted by atomic mass is 10.2. The number of anilines is 2. The number of amides is 1. The second-order valence-corrected chi connectivity index (χ2v) is 5.00. The molecule has 0 saturated carbocycles. The first-order valence-corrected chi connectivity index (χ1v) is 6.91. The van der Waals surface area contributed by atoms with Crippen LogP contribution < -0.4 is 11.1 Å². The number of nitrogen functional groups attached to an aromatic ring is 1. The Labute approximate surface area is 139 Å². The minimum atomic E-state index is -1.77. The van der Waals surface area contributed by atoms with Crippen LogP contribution in [0.25, 0.3) is 0 Å². The Morgan fingerprint density at radius 2 is 1.56 bits per heavy atom. The minimum absolute atomic E-state index is 0.00484. The molecule has 2 aromatic rings. The van der Waals surface area contributed by atoms with Crippen molar-refractivity contribution in [2.75, 3.05) is 11.1 Å². The van der Waals surface area contributed by atoms with Crippen molar-refractivity contribution in [1.29, 1.82) is 0 Å². The van der Waals surface area contributed by atoms with Gasteiger partial charge in [-0.05, 0) is 31.2 Å². The number of ether oxygens (including phenoxy) is 1. The molecule has 0 fully saturated rings. The van der Waals surface area contributed by atoms with Crippen LogP contribution in [-0.2, 0) is 9.53 Å². The van der Waals surface area contributed by atoms with Crippen molar-refractivity contribution in [3.63, 3.8) is 0 Å². The molecule has 2 aromatic carbocycles. The van der Waals surface area contributed by atoms with Crippen molar-refractivity contribution in [2.45, 2.75) is 13.0 Å². The van der Waals surface area contributed by atoms with Gasteiger partial charge < -0.3 is 15.8 Å². The molecule has 25 heavy (non-hydrogen) atoms. The lowest BCUT2D eigenvalue weighted by molar-refractivity contribution is -0.123. The van der Waals surface area contributed by atoms with Crippen LogP contribution in [0.5, 0.6) is 0 Å². The highest BCUT2D eigenvalue weighted by Gasteiger charge is 2.25. The molecule has 0 bridgehead atoms. The first-order valence-electron chi connectivity index (χ1n) is 6.91. The highest BCUT2D eigenvalue weighted by Crippen LogP contribution is 2.24. The Morgan fingerprint density at radius 1 is 1.04 bits per heavy atom. The number of nitrogens with two attached hydrogens (primary N) is 1. The Kier molecular flexibility index (Phi) is 5.26. The summed E-state index contributed by atoms with van der Waals surface area (Å²) in [6, 6.07) is 5.57. The van der Waals surface area contributed by atoms with Gasteiger partial charge in [0.15, 0.2) is 29.4 Å². The second kappa shape index (κ2) is 7.20. The SMILES string of the molecule is CC(OC(=O)c1ccc(N)cc1)C(=O)Nc1c(F)c(F)cc(F)c1F. The van der Waals surface area contributed by atoms with Gasteiger partial charge in [-0.15, -0.1) is 0 Å². The second-order valence-electron chi connectivity index (χ2n) is 5.00. The molecule has 0 saturated heterocycles. The van der Waals surface area contributed by atoms with Gasteiger partial charge in [0.1, 0.15) is 5.69 Å². The molecule has 2 rings (SSSR count). The van der Waals surface area contributed by atoms with Crippen LogP contribution in [0.3, 0.4) is 0 Å². The number of benzene rings is 2. The third kappa shape index (κ3) is 4.06. The average molecular weight is 356 g/mol. The number of esters is 1. The molecule has 0 aliphatic heterocycles. The number of nitrogens with one attached hydrogen (secondary N) is 1. The Balaban J connectivity index is 2.11. The topological polar surface area (TPSA) is 81.4 Å². The maximum absolute atomic E-state index is 13.5. The molecule has 1 amide bonds. The van der Waals surface area contributed by atoms with E-state index in [1.165, 1.54) is 24.3 Å². The van der Waals surface area contributed by atoms with E-state index in [2.05, 4.69) is 0 Å². The molecule has 132 valence electrons. The third-order valence-electron chi connectivity index (χ3n) is 3.16. The zero-order valence-electron chi connectivity index (χ0n) is 12.8. The van der Waals surface area contributed by atoms with Crippen molar-refractivity contribution in [2.24, 2.45) is 0 Å². The summed E-state index contributed by atoms with van der Waals surface area (Å²) < 4.78 is 58.1. The molecule has 0 heterocycles. The van der Waals surface area contributed by atoms with Crippen LogP contribution >= 0.6 is 0 Å². The fourth-order valence-corrected chi connectivity index (χ4v) is 1.81. The predicted molar refractivity (Wildman–Crippen MR) is 80.6 cm³/mol. The van der Waals surface area contributed by atoms with Crippen LogP contribution in [0, 0.1) is 23.3 Å². The van der Waals surface area contributed by atoms with Gasteiger partial charge in [-0.2, -0.15) is 0 Å². The van der Waals surface area contributed by atoms with E-state index < -0.39 is 46.9 Å². The summed E-state index contributed by atoms with van der Waals surface area (Å²) in [5.74, 6) is -8.98. The Bertz CT molecular complexity index is 799. The summed E-state index contributed by atoms with van der Waals surface area (Å²) in [6.45, 7) is 1.12. The summed E-state index contributed by atoms with van der Waals surface area (Å²) in [7, 11) is 0. The van der Waals surface area contributed by atoms with Gasteiger partial charge in [0.2, 0.25) is 0 Å². The Hall–Kier alpha value is -3.10. The first-order chi connectivity index (χ1) is 11.7. The lowest BCUT2D eigenvalue weighted by Crippen LogP contribution is -2.31. The molecule has 0 aliphatic rings. The molecular formula is C16H12F4N2O3. The predicted octanol–water partition coefficient (Wildman–Crippen LogP) is 3.01. The van der Waals surface area contributed by atoms with Crippen LogP contribution in [0.1, 0.15) is 17.3 Å². The van der Waals surface area contributed by atoms with Gasteiger partial charge in [-0.1, -0.05) is 0 Å². The molecule has 9 heteroatoms. The Morgan fingerprint density at radius 3 is 2.08 bits per heavy atom. The number of carbonyl (C=O) groups is 2. The lowest BCUT2D eigenvalue weighted by Gasteiger charge is -2.14. The highest BCUT2D eigenvalue weighted by molar-refractivity contribution is 5.97. The number of carbonyl (C=O) groups excluding carboxylic acids is 2. The molecule has 0 aliphatic carbocycles. The zero-order valence-corrected chi connectivity index (χ0v) is 12.8. The molecule has 0 spiro atoms. The third-order valence-corrected chi connectivity index (χ3v) is 3.16. The van der Waals surface area contributed by atoms with Crippen LogP contribution in [0.2, 0.25) is 0 Å². The normalized spacial score (nSPS) is 11.7. The van der Waals surface area contributed by atoms with Crippen molar-refractivity contribution in [3.05, 3.63) is 59.2 Å². The molecule has 5 nitrogen and oxygen atoms in total. The number of hydrogen-bond donors (Lipinski definition) is 2. The minimum Gasteiger partial charge on any atom is -0.449 e. The molecule has 1 unspecified atom stereocenters. The summed E-state index contributed by atoms with van der Waals surface area (Å²) in [6.07, 6.45) is -1.49. The standard InChI is InChI=1S/C16H12F4N2O3/c1-7(25-16(24)8-2-4-9(21)5-3-8)15(23)22-14-12(19)10(17)6-11(18)13(14)20/h2-7H,21H2,1H3,(H,22,23). The van der Waals surface area contributed by atoms with E-state index >= 15 is 0 Å². The van der Waals surface area contributed by atoms with E-state index in [4.69, 9.17) is 10.5 Å². The van der Waals surface area contributed by atoms with E-state index in [9.17, 15) is 27.2 Å². The molecule has 1 atom stereocenters. The van der Waals surface area contributed by atoms with Crippen molar-refractivity contribution >= 4 is 23.3 Å². The maximum Gasteiger partial charge on any atom is 0.338 e. The van der Waals surface area contributed by atoms with Crippen molar-refractivity contribution in [1.82, 2.24) is 0 Å². The van der Waals surface area contributed by atoms with Gasteiger partial charge in [0.25, 0.3) is 5.91 Å². The largest absolute Gasteiger partial charge is 0.449 e. The van der Waals surface area contributed by atoms with E-state index in [1.807, 2.05) is 0 Å². The molecular weight excluding hydrogens is 344 g/mol. The number of halogens is 4. The number of rotatable bonds is 4. The summed E-state index contributed by atoms with van der Waals surface area (Å²) in [5.41, 5.74) is 4.65. The maximum atomic E-state index is 13.5. The van der Waals surface area contributed by atoms with Gasteiger partial charge in [-0.25, -0.2) is 22.4 Å². The van der Waals surface area contributed by atoms with Gasteiger partial charge in [-0.3, -0.25) is 4.79 Å². The van der Waals surface area contributed by atoms with Crippen LogP contribution in [0.4, 0.5) is 28.9 Å². The van der Waals surface area contributed by atoms with Gasteiger partial charge in [0.05, 0.1) is 5.56 Å². The monoisotopic (exact) mass is 356 g/mol. The van der Waals surface area contributed by atoms with E-state index in [0.717, 1.165) is 6.92 Å². The fourth-order valence-electron chi connectivity index (χ4n) is 1.81. The summed E-state index contributed by atoms with van der Waals surface area (Å²) in [4.78, 5) is 23.7. The van der Waals surface area contributed by atoms with Crippen molar-refractivity contribution < 1.29 is 31.9 Å². The quantitative estimate of drug-likeness (QED) is 0.382. The van der Waals surface area contributed by atoms with E-state index in [-0.39, 0.29) is 11.6 Å². The molecule has 0 aromatic heterocycles. The molecule has 3 N–H and O–H groups in total. The van der Waals surface area contributed by atoms with E-state index in [1.54, 1.807) is 5.32 Å². The fraction of sp³-hybridized carbons (Fsp3) is 0.125. The van der Waals surface area contributed by atoms with Gasteiger partial charge >= 0.3 is 5.97 Å². The first kappa shape index (κ1) is 18.2. The van der Waals surface area contributed by atoms with E-state index in [0.29, 0.717) is 5.69 Å². The van der Waals surface area contributed by atoms with Gasteiger partial charge in [0, 0.05) is 11.8 Å². The number of hydrogen-bond acceptors (Lipinski definition) is 4. The molecule has 0 radical (unpaired) electrons. The average Bonchev–Trinajstić information content (AvgIpc) is 2.57. The summed E-state index contributed by atoms with van der Waals surface area (Å²) in [5, 5.41) is 1.66. The highest BCUT2D eigenvalue weighted by atomic mass is 19.2.